The van der Waals surface area contributed by atoms with Gasteiger partial charge in [0, 0.05) is 0 Å². The molecule has 0 aliphatic rings. The summed E-state index contributed by atoms with van der Waals surface area (Å²) in [5, 5.41) is 4.90. The summed E-state index contributed by atoms with van der Waals surface area (Å²) >= 11 is 0. The number of hydrogen-bond donors (Lipinski definition) is 0. The maximum Gasteiger partial charge on any atom is 0.0716 e. The maximum absolute atomic E-state index is 6.08. The summed E-state index contributed by atoms with van der Waals surface area (Å²) in [6.45, 7) is 0. The number of hydrogen-bond acceptors (Lipinski definition) is 0. The Bertz CT molecular complexity index is 949. The van der Waals surface area contributed by atoms with Gasteiger partial charge in [-0.1, -0.05) is 85.4 Å². The average Bonchev–Trinajstić information content (AvgIpc) is 2.66. The van der Waals surface area contributed by atoms with Crippen LogP contribution >= 0.6 is 0 Å². The van der Waals surface area contributed by atoms with Crippen LogP contribution in [0.15, 0.2) is 72.8 Å². The Morgan fingerprint density at radius 3 is 1.33 bits per heavy atom. The highest BCUT2D eigenvalue weighted by Gasteiger charge is 2.14. The molecule has 0 aliphatic carbocycles. The van der Waals surface area contributed by atoms with E-state index in [9.17, 15) is 0 Å². The number of fused-ring (bicyclic) bond motifs is 2. The molecule has 0 spiro atoms. The molecule has 0 aromatic heterocycles. The predicted octanol–water partition coefficient (Wildman–Crippen LogP) is 5.00. The van der Waals surface area contributed by atoms with Gasteiger partial charge in [-0.05, 0) is 43.8 Å². The Kier molecular flexibility index (Phi) is 3.90. The fraction of sp³-hybridized carbons (Fsp3) is 0.0909. The molecule has 0 fully saturated rings. The lowest BCUT2D eigenvalue weighted by atomic mass is 9.80. The van der Waals surface area contributed by atoms with Gasteiger partial charge in [0.25, 0.3) is 0 Å². The lowest BCUT2D eigenvalue weighted by Gasteiger charge is -2.18. The molecule has 110 valence electrons. The number of benzene rings is 4. The molecule has 0 unspecified atom stereocenters. The van der Waals surface area contributed by atoms with Crippen LogP contribution in [0.25, 0.3) is 32.7 Å². The quantitative estimate of drug-likeness (QED) is 0.467. The fourth-order valence-electron chi connectivity index (χ4n) is 3.56. The van der Waals surface area contributed by atoms with Gasteiger partial charge in [-0.25, -0.2) is 0 Å². The molecule has 0 saturated heterocycles. The second kappa shape index (κ2) is 6.20. The minimum Gasteiger partial charge on any atom is -0.0637 e. The lowest BCUT2D eigenvalue weighted by molar-refractivity contribution is 1.38. The van der Waals surface area contributed by atoms with Crippen LogP contribution in [0.1, 0.15) is 11.1 Å². The summed E-state index contributed by atoms with van der Waals surface area (Å²) in [7, 11) is 12.2. The zero-order valence-electron chi connectivity index (χ0n) is 13.5. The molecule has 4 aromatic carbocycles. The van der Waals surface area contributed by atoms with E-state index in [2.05, 4.69) is 72.8 Å². The first kappa shape index (κ1) is 15.1. The molecule has 0 N–H and O–H groups in total. The lowest BCUT2D eigenvalue weighted by Crippen LogP contribution is -1.97. The number of rotatable bonds is 3. The second-order valence-electron chi connectivity index (χ2n) is 6.05. The first-order valence-corrected chi connectivity index (χ1v) is 8.25. The summed E-state index contributed by atoms with van der Waals surface area (Å²) < 4.78 is 0. The van der Waals surface area contributed by atoms with E-state index < -0.39 is 0 Å². The average molecular weight is 302 g/mol. The van der Waals surface area contributed by atoms with Crippen molar-refractivity contribution in [2.24, 2.45) is 0 Å². The summed E-state index contributed by atoms with van der Waals surface area (Å²) in [6.07, 6.45) is 1.01. The molecule has 0 heterocycles. The molecule has 0 atom stereocenters. The van der Waals surface area contributed by atoms with Crippen LogP contribution < -0.4 is 0 Å². The smallest absolute Gasteiger partial charge is 0.0637 e. The zero-order valence-corrected chi connectivity index (χ0v) is 13.5. The van der Waals surface area contributed by atoms with Gasteiger partial charge in [0.1, 0.15) is 0 Å². The summed E-state index contributed by atoms with van der Waals surface area (Å²) in [5.41, 5.74) is 4.74. The van der Waals surface area contributed by atoms with Crippen molar-refractivity contribution in [1.29, 1.82) is 0 Å². The van der Waals surface area contributed by atoms with E-state index in [0.29, 0.717) is 12.6 Å². The van der Waals surface area contributed by atoms with E-state index in [1.54, 1.807) is 0 Å². The molecule has 4 aromatic rings. The summed E-state index contributed by atoms with van der Waals surface area (Å²) in [5.74, 6) is 0. The molecular weight excluding hydrogens is 286 g/mol. The Hall–Kier alpha value is -2.47. The molecule has 4 rings (SSSR count). The Balaban J connectivity index is 2.21. The Morgan fingerprint density at radius 1 is 0.500 bits per heavy atom. The standard InChI is InChI=1S/C22H16B2/c23-13-17-11-9-15-5-1-3-7-19(15)21(17)22-18(14-24)12-10-16-6-2-4-8-20(16)22/h1-12H,13-14H2. The van der Waals surface area contributed by atoms with Crippen LogP contribution in [0.4, 0.5) is 0 Å². The van der Waals surface area contributed by atoms with Crippen molar-refractivity contribution in [3.63, 3.8) is 0 Å². The normalized spacial score (nSPS) is 11.2. The third-order valence-electron chi connectivity index (χ3n) is 4.72. The molecule has 2 heteroatoms. The van der Waals surface area contributed by atoms with Crippen molar-refractivity contribution in [1.82, 2.24) is 0 Å². The van der Waals surface area contributed by atoms with Crippen LogP contribution in [-0.2, 0) is 12.6 Å². The highest BCUT2D eigenvalue weighted by molar-refractivity contribution is 6.14. The highest BCUT2D eigenvalue weighted by Crippen LogP contribution is 2.39. The van der Waals surface area contributed by atoms with Crippen LogP contribution in [0.2, 0.25) is 0 Å². The van der Waals surface area contributed by atoms with Crippen molar-refractivity contribution >= 4 is 37.2 Å². The van der Waals surface area contributed by atoms with Gasteiger partial charge in [-0.15, -0.1) is 0 Å². The van der Waals surface area contributed by atoms with Gasteiger partial charge >= 0.3 is 0 Å². The van der Waals surface area contributed by atoms with Gasteiger partial charge in [-0.2, -0.15) is 0 Å². The van der Waals surface area contributed by atoms with Crippen LogP contribution in [0.5, 0.6) is 0 Å². The largest absolute Gasteiger partial charge is 0.0716 e. The molecule has 0 aliphatic heterocycles. The van der Waals surface area contributed by atoms with Crippen molar-refractivity contribution in [3.05, 3.63) is 83.9 Å². The zero-order chi connectivity index (χ0) is 16.5. The predicted molar refractivity (Wildman–Crippen MR) is 106 cm³/mol. The molecule has 0 nitrogen and oxygen atoms in total. The van der Waals surface area contributed by atoms with E-state index in [4.69, 9.17) is 15.7 Å². The molecule has 24 heavy (non-hydrogen) atoms. The van der Waals surface area contributed by atoms with Crippen molar-refractivity contribution < 1.29 is 0 Å². The molecular formula is C22H16B2. The third kappa shape index (κ3) is 2.34. The van der Waals surface area contributed by atoms with E-state index in [1.165, 1.54) is 32.7 Å². The minimum absolute atomic E-state index is 0.507. The van der Waals surface area contributed by atoms with Gasteiger partial charge < -0.3 is 0 Å². The topological polar surface area (TPSA) is 0 Å². The summed E-state index contributed by atoms with van der Waals surface area (Å²) in [4.78, 5) is 0. The van der Waals surface area contributed by atoms with Gasteiger partial charge in [-0.3, -0.25) is 0 Å². The third-order valence-corrected chi connectivity index (χ3v) is 4.72. The van der Waals surface area contributed by atoms with Crippen molar-refractivity contribution in [3.8, 4) is 11.1 Å². The minimum atomic E-state index is 0.507. The van der Waals surface area contributed by atoms with E-state index in [-0.39, 0.29) is 0 Å². The fourth-order valence-corrected chi connectivity index (χ4v) is 3.56. The van der Waals surface area contributed by atoms with E-state index in [1.807, 2.05) is 0 Å². The molecule has 0 saturated carbocycles. The highest BCUT2D eigenvalue weighted by atomic mass is 14.2. The monoisotopic (exact) mass is 302 g/mol. The van der Waals surface area contributed by atoms with Gasteiger partial charge in [0.15, 0.2) is 0 Å². The molecule has 0 amide bonds. The SMILES string of the molecule is [B]Cc1ccc2ccccc2c1-c1c(C[B])ccc2ccccc12. The first-order chi connectivity index (χ1) is 11.8. The second-order valence-corrected chi connectivity index (χ2v) is 6.05. The van der Waals surface area contributed by atoms with Crippen LogP contribution in [0, 0.1) is 0 Å². The Morgan fingerprint density at radius 2 is 0.917 bits per heavy atom. The molecule has 0 bridgehead atoms. The maximum atomic E-state index is 6.08. The molecule has 4 radical (unpaired) electrons. The first-order valence-electron chi connectivity index (χ1n) is 8.25. The summed E-state index contributed by atoms with van der Waals surface area (Å²) in [6, 6.07) is 25.5. The van der Waals surface area contributed by atoms with Gasteiger partial charge in [0.2, 0.25) is 0 Å². The Labute approximate surface area is 145 Å². The van der Waals surface area contributed by atoms with Crippen molar-refractivity contribution in [2.75, 3.05) is 0 Å². The van der Waals surface area contributed by atoms with Crippen molar-refractivity contribution in [2.45, 2.75) is 12.6 Å². The van der Waals surface area contributed by atoms with Crippen LogP contribution in [-0.4, -0.2) is 15.7 Å². The van der Waals surface area contributed by atoms with E-state index in [0.717, 1.165) is 11.1 Å². The van der Waals surface area contributed by atoms with Gasteiger partial charge in [0.05, 0.1) is 15.7 Å². The van der Waals surface area contributed by atoms with E-state index >= 15 is 0 Å². The van der Waals surface area contributed by atoms with Crippen LogP contribution in [0.3, 0.4) is 0 Å².